The summed E-state index contributed by atoms with van der Waals surface area (Å²) in [6, 6.07) is 4.47. The van der Waals surface area contributed by atoms with Crippen molar-refractivity contribution in [3.8, 4) is 0 Å². The molecule has 2 saturated carbocycles. The van der Waals surface area contributed by atoms with E-state index in [4.69, 9.17) is 0 Å². The van der Waals surface area contributed by atoms with Gasteiger partial charge in [-0.25, -0.2) is 8.78 Å². The predicted octanol–water partition coefficient (Wildman–Crippen LogP) is 8.57. The van der Waals surface area contributed by atoms with Gasteiger partial charge in [0.15, 0.2) is 11.6 Å². The Morgan fingerprint density at radius 3 is 2.11 bits per heavy atom. The van der Waals surface area contributed by atoms with Crippen molar-refractivity contribution in [1.82, 2.24) is 0 Å². The Labute approximate surface area is 170 Å². The minimum atomic E-state index is -0.733. The second-order valence-electron chi connectivity index (χ2n) is 9.32. The lowest BCUT2D eigenvalue weighted by Crippen LogP contribution is -2.17. The third-order valence-electron chi connectivity index (χ3n) is 7.27. The van der Waals surface area contributed by atoms with Gasteiger partial charge in [-0.3, -0.25) is 0 Å². The Balaban J connectivity index is 1.33. The average molecular weight is 389 g/mol. The molecule has 2 aliphatic rings. The zero-order chi connectivity index (χ0) is 19.8. The van der Waals surface area contributed by atoms with Crippen LogP contribution in [-0.4, -0.2) is 0 Å². The number of rotatable bonds is 8. The van der Waals surface area contributed by atoms with Gasteiger partial charge in [-0.1, -0.05) is 50.8 Å². The molecule has 156 valence electrons. The summed E-state index contributed by atoms with van der Waals surface area (Å²) >= 11 is 0. The fourth-order valence-corrected chi connectivity index (χ4v) is 5.30. The molecule has 0 aliphatic heterocycles. The van der Waals surface area contributed by atoms with Crippen molar-refractivity contribution < 1.29 is 8.78 Å². The van der Waals surface area contributed by atoms with E-state index in [9.17, 15) is 8.78 Å². The summed E-state index contributed by atoms with van der Waals surface area (Å²) in [6.45, 7) is 2.26. The van der Waals surface area contributed by atoms with E-state index in [0.29, 0.717) is 5.92 Å². The molecule has 0 heterocycles. The summed E-state index contributed by atoms with van der Waals surface area (Å²) in [5.74, 6) is 1.59. The Morgan fingerprint density at radius 2 is 1.50 bits per heavy atom. The minimum absolute atomic E-state index is 0.418. The highest BCUT2D eigenvalue weighted by atomic mass is 19.2. The zero-order valence-corrected chi connectivity index (χ0v) is 17.6. The molecule has 3 rings (SSSR count). The molecule has 0 amide bonds. The Bertz CT molecular complexity index is 605. The third-order valence-corrected chi connectivity index (χ3v) is 7.27. The number of hydrogen-bond donors (Lipinski definition) is 0. The highest BCUT2D eigenvalue weighted by molar-refractivity contribution is 5.22. The Morgan fingerprint density at radius 1 is 0.857 bits per heavy atom. The molecule has 2 aliphatic carbocycles. The summed E-state index contributed by atoms with van der Waals surface area (Å²) < 4.78 is 26.6. The van der Waals surface area contributed by atoms with Crippen LogP contribution in [0.1, 0.15) is 102 Å². The van der Waals surface area contributed by atoms with Gasteiger partial charge in [0.2, 0.25) is 0 Å². The minimum Gasteiger partial charge on any atom is -0.204 e. The van der Waals surface area contributed by atoms with Crippen molar-refractivity contribution in [3.63, 3.8) is 0 Å². The van der Waals surface area contributed by atoms with Gasteiger partial charge in [-0.05, 0) is 99.2 Å². The summed E-state index contributed by atoms with van der Waals surface area (Å²) in [5, 5.41) is 0. The van der Waals surface area contributed by atoms with Crippen LogP contribution in [-0.2, 0) is 0 Å². The van der Waals surface area contributed by atoms with Gasteiger partial charge in [0, 0.05) is 0 Å². The van der Waals surface area contributed by atoms with Gasteiger partial charge in [-0.15, -0.1) is 0 Å². The van der Waals surface area contributed by atoms with E-state index >= 15 is 0 Å². The maximum atomic E-state index is 13.5. The highest BCUT2D eigenvalue weighted by Crippen LogP contribution is 2.40. The zero-order valence-electron chi connectivity index (χ0n) is 17.6. The van der Waals surface area contributed by atoms with Crippen molar-refractivity contribution in [2.45, 2.75) is 96.3 Å². The Kier molecular flexibility index (Phi) is 8.55. The topological polar surface area (TPSA) is 0 Å². The summed E-state index contributed by atoms with van der Waals surface area (Å²) in [6.07, 6.45) is 21.9. The van der Waals surface area contributed by atoms with Crippen LogP contribution in [0.5, 0.6) is 0 Å². The molecule has 1 aromatic rings. The van der Waals surface area contributed by atoms with Gasteiger partial charge < -0.3 is 0 Å². The van der Waals surface area contributed by atoms with Gasteiger partial charge in [0.25, 0.3) is 0 Å². The molecule has 0 atom stereocenters. The number of allylic oxidation sites excluding steroid dienone is 2. The molecule has 2 fully saturated rings. The van der Waals surface area contributed by atoms with Gasteiger partial charge in [-0.2, -0.15) is 0 Å². The van der Waals surface area contributed by atoms with E-state index in [0.717, 1.165) is 36.2 Å². The van der Waals surface area contributed by atoms with Crippen LogP contribution in [0.2, 0.25) is 0 Å². The van der Waals surface area contributed by atoms with Crippen LogP contribution in [0.25, 0.3) is 0 Å². The van der Waals surface area contributed by atoms with Crippen molar-refractivity contribution >= 4 is 0 Å². The lowest BCUT2D eigenvalue weighted by atomic mass is 9.74. The molecule has 0 N–H and O–H groups in total. The molecule has 0 radical (unpaired) electrons. The SMILES string of the molecule is CCCCC=CC1CCC(CCC2CCC(c3ccc(F)c(F)c3)CC2)CC1. The van der Waals surface area contributed by atoms with Crippen LogP contribution in [0.4, 0.5) is 8.78 Å². The van der Waals surface area contributed by atoms with Crippen molar-refractivity contribution in [1.29, 1.82) is 0 Å². The van der Waals surface area contributed by atoms with Gasteiger partial charge in [0.05, 0.1) is 0 Å². The van der Waals surface area contributed by atoms with Crippen LogP contribution >= 0.6 is 0 Å². The van der Waals surface area contributed by atoms with E-state index in [2.05, 4.69) is 19.1 Å². The maximum absolute atomic E-state index is 13.5. The first-order chi connectivity index (χ1) is 13.7. The Hall–Kier alpha value is -1.18. The lowest BCUT2D eigenvalue weighted by molar-refractivity contribution is 0.246. The first-order valence-corrected chi connectivity index (χ1v) is 11.8. The van der Waals surface area contributed by atoms with Crippen LogP contribution in [0.3, 0.4) is 0 Å². The molecule has 2 heteroatoms. The fourth-order valence-electron chi connectivity index (χ4n) is 5.30. The van der Waals surface area contributed by atoms with E-state index in [1.54, 1.807) is 6.07 Å². The first kappa shape index (κ1) is 21.5. The average Bonchev–Trinajstić information content (AvgIpc) is 2.73. The molecule has 0 bridgehead atoms. The van der Waals surface area contributed by atoms with Gasteiger partial charge >= 0.3 is 0 Å². The fraction of sp³-hybridized carbons (Fsp3) is 0.692. The first-order valence-electron chi connectivity index (χ1n) is 11.8. The van der Waals surface area contributed by atoms with E-state index in [-0.39, 0.29) is 0 Å². The van der Waals surface area contributed by atoms with Crippen LogP contribution in [0, 0.1) is 29.4 Å². The molecule has 0 unspecified atom stereocenters. The molecule has 1 aromatic carbocycles. The third kappa shape index (κ3) is 6.42. The van der Waals surface area contributed by atoms with Crippen molar-refractivity contribution in [2.75, 3.05) is 0 Å². The smallest absolute Gasteiger partial charge is 0.159 e. The number of benzene rings is 1. The van der Waals surface area contributed by atoms with Gasteiger partial charge in [0.1, 0.15) is 0 Å². The maximum Gasteiger partial charge on any atom is 0.159 e. The normalized spacial score (nSPS) is 28.7. The second-order valence-corrected chi connectivity index (χ2v) is 9.32. The molecule has 0 spiro atoms. The molecule has 28 heavy (non-hydrogen) atoms. The largest absolute Gasteiger partial charge is 0.204 e. The van der Waals surface area contributed by atoms with E-state index in [1.807, 2.05) is 0 Å². The lowest BCUT2D eigenvalue weighted by Gasteiger charge is -2.31. The molecule has 0 aromatic heterocycles. The number of hydrogen-bond acceptors (Lipinski definition) is 0. The molecular formula is C26H38F2. The van der Waals surface area contributed by atoms with Crippen LogP contribution in [0.15, 0.2) is 30.4 Å². The summed E-state index contributed by atoms with van der Waals surface area (Å²) in [5.41, 5.74) is 0.989. The highest BCUT2D eigenvalue weighted by Gasteiger charge is 2.25. The predicted molar refractivity (Wildman–Crippen MR) is 114 cm³/mol. The molecule has 0 nitrogen and oxygen atoms in total. The number of unbranched alkanes of at least 4 members (excludes halogenated alkanes) is 2. The standard InChI is InChI=1S/C26H38F2/c1-2-3-4-5-6-20-7-9-21(10-8-20)11-12-22-13-15-23(16-14-22)24-17-18-25(27)26(28)19-24/h5-6,17-23H,2-4,7-16H2,1H3. The summed E-state index contributed by atoms with van der Waals surface area (Å²) in [7, 11) is 0. The monoisotopic (exact) mass is 388 g/mol. The van der Waals surface area contributed by atoms with Crippen molar-refractivity contribution in [3.05, 3.63) is 47.5 Å². The molecule has 0 saturated heterocycles. The van der Waals surface area contributed by atoms with E-state index in [1.165, 1.54) is 82.8 Å². The molecular weight excluding hydrogens is 350 g/mol. The second kappa shape index (κ2) is 11.1. The summed E-state index contributed by atoms with van der Waals surface area (Å²) in [4.78, 5) is 0. The number of halogens is 2. The van der Waals surface area contributed by atoms with Crippen LogP contribution < -0.4 is 0 Å². The van der Waals surface area contributed by atoms with E-state index < -0.39 is 11.6 Å². The quantitative estimate of drug-likeness (QED) is 0.309. The van der Waals surface area contributed by atoms with Crippen molar-refractivity contribution in [2.24, 2.45) is 17.8 Å².